The average molecular weight is 222 g/mol. The van der Waals surface area contributed by atoms with Gasteiger partial charge >= 0.3 is 0 Å². The van der Waals surface area contributed by atoms with E-state index in [9.17, 15) is 13.6 Å². The summed E-state index contributed by atoms with van der Waals surface area (Å²) >= 11 is 5.17. The molecule has 1 rings (SSSR count). The highest BCUT2D eigenvalue weighted by Gasteiger charge is 2.21. The van der Waals surface area contributed by atoms with Gasteiger partial charge in [-0.25, -0.2) is 8.78 Å². The lowest BCUT2D eigenvalue weighted by Crippen LogP contribution is -2.02. The van der Waals surface area contributed by atoms with Crippen molar-refractivity contribution in [1.29, 1.82) is 0 Å². The van der Waals surface area contributed by atoms with E-state index in [1.165, 1.54) is 13.2 Å². The van der Waals surface area contributed by atoms with Gasteiger partial charge in [-0.2, -0.15) is 0 Å². The lowest BCUT2D eigenvalue weighted by atomic mass is 10.2. The van der Waals surface area contributed by atoms with E-state index in [4.69, 9.17) is 11.6 Å². The largest absolute Gasteiger partial charge is 0.494 e. The number of hydrogen-bond acceptors (Lipinski definition) is 3. The summed E-state index contributed by atoms with van der Waals surface area (Å²) in [7, 11) is 1.17. The molecule has 6 heteroatoms. The summed E-state index contributed by atoms with van der Waals surface area (Å²) in [4.78, 5) is 14.2. The summed E-state index contributed by atoms with van der Waals surface area (Å²) in [6.45, 7) is 0. The van der Waals surface area contributed by atoms with Gasteiger partial charge in [-0.1, -0.05) is 0 Å². The molecule has 0 N–H and O–H groups in total. The number of rotatable bonds is 3. The quantitative estimate of drug-likeness (QED) is 0.736. The van der Waals surface area contributed by atoms with Crippen molar-refractivity contribution in [3.8, 4) is 5.75 Å². The number of halogens is 3. The number of carbonyl (C=O) groups excluding carboxylic acids is 1. The second kappa shape index (κ2) is 4.32. The van der Waals surface area contributed by atoms with Gasteiger partial charge < -0.3 is 4.74 Å². The maximum Gasteiger partial charge on any atom is 0.284 e. The number of hydrogen-bond donors (Lipinski definition) is 0. The predicted octanol–water partition coefficient (Wildman–Crippen LogP) is 2.41. The highest BCUT2D eigenvalue weighted by molar-refractivity contribution is 6.68. The second-order valence-electron chi connectivity index (χ2n) is 2.35. The first-order valence-electron chi connectivity index (χ1n) is 3.58. The van der Waals surface area contributed by atoms with Gasteiger partial charge in [-0.15, -0.1) is 0 Å². The first kappa shape index (κ1) is 10.8. The Morgan fingerprint density at radius 2 is 2.29 bits per heavy atom. The van der Waals surface area contributed by atoms with E-state index in [1.807, 2.05) is 0 Å². The van der Waals surface area contributed by atoms with Gasteiger partial charge in [0, 0.05) is 6.20 Å². The van der Waals surface area contributed by atoms with Crippen LogP contribution in [0, 0.1) is 0 Å². The summed E-state index contributed by atoms with van der Waals surface area (Å²) in [6, 6.07) is 1.22. The van der Waals surface area contributed by atoms with E-state index in [0.717, 1.165) is 6.20 Å². The molecule has 0 aliphatic carbocycles. The molecular weight excluding hydrogens is 216 g/mol. The third-order valence-electron chi connectivity index (χ3n) is 1.55. The van der Waals surface area contributed by atoms with Crippen molar-refractivity contribution in [1.82, 2.24) is 4.98 Å². The van der Waals surface area contributed by atoms with Crippen molar-refractivity contribution in [3.05, 3.63) is 23.5 Å². The molecule has 0 aliphatic rings. The zero-order chi connectivity index (χ0) is 10.7. The van der Waals surface area contributed by atoms with E-state index < -0.39 is 17.4 Å². The van der Waals surface area contributed by atoms with Crippen LogP contribution in [0.1, 0.15) is 22.5 Å². The topological polar surface area (TPSA) is 39.2 Å². The van der Waals surface area contributed by atoms with Gasteiger partial charge in [0.2, 0.25) is 0 Å². The number of aromatic nitrogens is 1. The fourth-order valence-corrected chi connectivity index (χ4v) is 1.14. The highest BCUT2D eigenvalue weighted by Crippen LogP contribution is 2.30. The Hall–Kier alpha value is -1.23. The standard InChI is InChI=1S/C8H6ClF2NO2/c1-14-6-4(7(9)13)2-3-12-5(6)8(10)11/h2-3,8H,1H3. The Kier molecular flexibility index (Phi) is 3.35. The van der Waals surface area contributed by atoms with E-state index in [1.54, 1.807) is 0 Å². The van der Waals surface area contributed by atoms with Crippen molar-refractivity contribution >= 4 is 16.8 Å². The molecule has 0 amide bonds. The molecule has 0 saturated heterocycles. The van der Waals surface area contributed by atoms with E-state index >= 15 is 0 Å². The minimum Gasteiger partial charge on any atom is -0.494 e. The molecule has 0 saturated carbocycles. The number of alkyl halides is 2. The van der Waals surface area contributed by atoms with Crippen LogP contribution >= 0.6 is 11.6 Å². The first-order valence-corrected chi connectivity index (χ1v) is 3.96. The maximum absolute atomic E-state index is 12.4. The molecule has 3 nitrogen and oxygen atoms in total. The minimum atomic E-state index is -2.80. The number of ether oxygens (including phenoxy) is 1. The van der Waals surface area contributed by atoms with Crippen LogP contribution in [0.4, 0.5) is 8.78 Å². The van der Waals surface area contributed by atoms with Crippen molar-refractivity contribution in [2.75, 3.05) is 7.11 Å². The molecule has 76 valence electrons. The van der Waals surface area contributed by atoms with Crippen molar-refractivity contribution in [2.24, 2.45) is 0 Å². The van der Waals surface area contributed by atoms with Crippen LogP contribution in [0.15, 0.2) is 12.3 Å². The zero-order valence-corrected chi connectivity index (χ0v) is 7.89. The SMILES string of the molecule is COc1c(C(=O)Cl)ccnc1C(F)F. The Bertz CT molecular complexity index is 357. The smallest absolute Gasteiger partial charge is 0.284 e. The van der Waals surface area contributed by atoms with Gasteiger partial charge in [-0.05, 0) is 17.7 Å². The second-order valence-corrected chi connectivity index (χ2v) is 2.69. The number of pyridine rings is 1. The van der Waals surface area contributed by atoms with Crippen molar-refractivity contribution < 1.29 is 18.3 Å². The van der Waals surface area contributed by atoms with Crippen molar-refractivity contribution in [3.63, 3.8) is 0 Å². The average Bonchev–Trinajstić information content (AvgIpc) is 2.16. The van der Waals surface area contributed by atoms with Gasteiger partial charge in [0.25, 0.3) is 11.7 Å². The first-order chi connectivity index (χ1) is 6.57. The molecule has 1 heterocycles. The number of carbonyl (C=O) groups is 1. The number of methoxy groups -OCH3 is 1. The van der Waals surface area contributed by atoms with Gasteiger partial charge in [-0.3, -0.25) is 9.78 Å². The van der Waals surface area contributed by atoms with Gasteiger partial charge in [0.1, 0.15) is 5.69 Å². The van der Waals surface area contributed by atoms with E-state index in [2.05, 4.69) is 9.72 Å². The molecule has 1 aromatic rings. The third-order valence-corrected chi connectivity index (χ3v) is 1.76. The van der Waals surface area contributed by atoms with Gasteiger partial charge in [0.15, 0.2) is 5.75 Å². The number of nitrogens with zero attached hydrogens (tertiary/aromatic N) is 1. The fourth-order valence-electron chi connectivity index (χ4n) is 0.989. The normalized spacial score (nSPS) is 10.4. The molecule has 0 aromatic carbocycles. The summed E-state index contributed by atoms with van der Waals surface area (Å²) < 4.78 is 29.4. The molecule has 14 heavy (non-hydrogen) atoms. The van der Waals surface area contributed by atoms with Crippen LogP contribution in [-0.4, -0.2) is 17.3 Å². The third kappa shape index (κ3) is 1.98. The molecule has 0 spiro atoms. The van der Waals surface area contributed by atoms with E-state index in [-0.39, 0.29) is 11.3 Å². The molecule has 0 radical (unpaired) electrons. The summed E-state index contributed by atoms with van der Waals surface area (Å²) in [5, 5.41) is -0.855. The molecule has 0 atom stereocenters. The van der Waals surface area contributed by atoms with Crippen LogP contribution in [0.5, 0.6) is 5.75 Å². The summed E-state index contributed by atoms with van der Waals surface area (Å²) in [5.41, 5.74) is -0.696. The van der Waals surface area contributed by atoms with E-state index in [0.29, 0.717) is 0 Å². The van der Waals surface area contributed by atoms with Crippen LogP contribution in [0.3, 0.4) is 0 Å². The molecule has 0 bridgehead atoms. The Labute approximate surface area is 83.7 Å². The van der Waals surface area contributed by atoms with Crippen LogP contribution in [0.25, 0.3) is 0 Å². The monoisotopic (exact) mass is 221 g/mol. The minimum absolute atomic E-state index is 0.112. The lowest BCUT2D eigenvalue weighted by molar-refractivity contribution is 0.107. The Morgan fingerprint density at radius 1 is 1.64 bits per heavy atom. The van der Waals surface area contributed by atoms with Crippen LogP contribution < -0.4 is 4.74 Å². The van der Waals surface area contributed by atoms with Crippen LogP contribution in [-0.2, 0) is 0 Å². The highest BCUT2D eigenvalue weighted by atomic mass is 35.5. The maximum atomic E-state index is 12.4. The predicted molar refractivity (Wildman–Crippen MR) is 45.9 cm³/mol. The fraction of sp³-hybridized carbons (Fsp3) is 0.250. The molecule has 0 unspecified atom stereocenters. The Morgan fingerprint density at radius 3 is 2.71 bits per heavy atom. The lowest BCUT2D eigenvalue weighted by Gasteiger charge is -2.08. The van der Waals surface area contributed by atoms with Crippen molar-refractivity contribution in [2.45, 2.75) is 6.43 Å². The van der Waals surface area contributed by atoms with Gasteiger partial charge in [0.05, 0.1) is 12.7 Å². The molecule has 0 fully saturated rings. The Balaban J connectivity index is 3.32. The van der Waals surface area contributed by atoms with Crippen LogP contribution in [0.2, 0.25) is 0 Å². The molecule has 0 aliphatic heterocycles. The zero-order valence-electron chi connectivity index (χ0n) is 7.13. The molecular formula is C8H6ClF2NO2. The molecule has 1 aromatic heterocycles. The summed E-state index contributed by atoms with van der Waals surface area (Å²) in [5.74, 6) is -0.275. The summed E-state index contributed by atoms with van der Waals surface area (Å²) in [6.07, 6.45) is -1.72.